The third kappa shape index (κ3) is 5.49. The number of likely N-dealkylation sites (tertiary alicyclic amines) is 1. The standard InChI is InChI=1S/C16H24FNO2S/c1-21-12-13-5-4-8-18(9-13)10-14(19)11-20-16-7-3-2-6-15(16)17/h2-3,6-7,13-14,19H,4-5,8-12H2,1H3/t13-,14+/m0/s1. The number of rotatable bonds is 7. The highest BCUT2D eigenvalue weighted by Gasteiger charge is 2.21. The minimum absolute atomic E-state index is 0.130. The van der Waals surface area contributed by atoms with Gasteiger partial charge in [-0.2, -0.15) is 11.8 Å². The number of piperidine rings is 1. The molecular weight excluding hydrogens is 289 g/mol. The number of β-amino-alcohol motifs (C(OH)–C–C–N with tert-alkyl or cyclic N) is 1. The molecule has 0 aromatic heterocycles. The molecule has 0 bridgehead atoms. The highest BCUT2D eigenvalue weighted by atomic mass is 32.2. The highest BCUT2D eigenvalue weighted by Crippen LogP contribution is 2.20. The molecule has 1 N–H and O–H groups in total. The molecule has 0 amide bonds. The third-order valence-corrected chi connectivity index (χ3v) is 4.55. The predicted molar refractivity (Wildman–Crippen MR) is 85.4 cm³/mol. The lowest BCUT2D eigenvalue weighted by molar-refractivity contribution is 0.0530. The van der Waals surface area contributed by atoms with Gasteiger partial charge in [-0.05, 0) is 49.4 Å². The molecule has 1 aliphatic rings. The van der Waals surface area contributed by atoms with Crippen molar-refractivity contribution < 1.29 is 14.2 Å². The summed E-state index contributed by atoms with van der Waals surface area (Å²) in [6.45, 7) is 2.79. The first kappa shape index (κ1) is 16.6. The van der Waals surface area contributed by atoms with Gasteiger partial charge in [0.1, 0.15) is 12.7 Å². The first-order valence-electron chi connectivity index (χ1n) is 7.45. The number of thioether (sulfide) groups is 1. The van der Waals surface area contributed by atoms with E-state index in [1.165, 1.54) is 24.7 Å². The van der Waals surface area contributed by atoms with E-state index in [2.05, 4.69) is 11.2 Å². The van der Waals surface area contributed by atoms with Crippen LogP contribution < -0.4 is 4.74 Å². The number of aliphatic hydroxyl groups is 1. The Morgan fingerprint density at radius 1 is 1.48 bits per heavy atom. The van der Waals surface area contributed by atoms with Crippen molar-refractivity contribution in [3.63, 3.8) is 0 Å². The van der Waals surface area contributed by atoms with E-state index in [0.717, 1.165) is 13.1 Å². The van der Waals surface area contributed by atoms with Crippen LogP contribution >= 0.6 is 11.8 Å². The maximum atomic E-state index is 13.4. The van der Waals surface area contributed by atoms with Crippen LogP contribution in [0.5, 0.6) is 5.75 Å². The van der Waals surface area contributed by atoms with Gasteiger partial charge in [0.15, 0.2) is 11.6 Å². The van der Waals surface area contributed by atoms with Gasteiger partial charge in [-0.25, -0.2) is 4.39 Å². The van der Waals surface area contributed by atoms with E-state index < -0.39 is 6.10 Å². The van der Waals surface area contributed by atoms with Crippen molar-refractivity contribution in [1.29, 1.82) is 0 Å². The van der Waals surface area contributed by atoms with E-state index in [9.17, 15) is 9.50 Å². The van der Waals surface area contributed by atoms with Crippen LogP contribution in [-0.2, 0) is 0 Å². The second-order valence-electron chi connectivity index (χ2n) is 5.62. The number of nitrogens with zero attached hydrogens (tertiary/aromatic N) is 1. The molecule has 0 aliphatic carbocycles. The Morgan fingerprint density at radius 3 is 3.05 bits per heavy atom. The summed E-state index contributed by atoms with van der Waals surface area (Å²) in [5.41, 5.74) is 0. The van der Waals surface area contributed by atoms with Gasteiger partial charge in [-0.3, -0.25) is 0 Å². The second-order valence-corrected chi connectivity index (χ2v) is 6.53. The van der Waals surface area contributed by atoms with Gasteiger partial charge in [0, 0.05) is 13.1 Å². The Hall–Kier alpha value is -0.780. The molecule has 1 aromatic rings. The van der Waals surface area contributed by atoms with Crippen LogP contribution in [0.4, 0.5) is 4.39 Å². The molecule has 2 rings (SSSR count). The molecule has 3 nitrogen and oxygen atoms in total. The Morgan fingerprint density at radius 2 is 2.29 bits per heavy atom. The lowest BCUT2D eigenvalue weighted by Gasteiger charge is -2.33. The maximum absolute atomic E-state index is 13.4. The van der Waals surface area contributed by atoms with E-state index in [1.54, 1.807) is 18.2 Å². The summed E-state index contributed by atoms with van der Waals surface area (Å²) in [5, 5.41) is 10.1. The summed E-state index contributed by atoms with van der Waals surface area (Å²) in [6, 6.07) is 6.29. The molecule has 0 radical (unpaired) electrons. The molecule has 1 saturated heterocycles. The van der Waals surface area contributed by atoms with Crippen LogP contribution in [0.3, 0.4) is 0 Å². The lowest BCUT2D eigenvalue weighted by atomic mass is 10.00. The first-order valence-corrected chi connectivity index (χ1v) is 8.85. The Kier molecular flexibility index (Phi) is 6.80. The Bertz CT molecular complexity index is 430. The average molecular weight is 313 g/mol. The monoisotopic (exact) mass is 313 g/mol. The zero-order chi connectivity index (χ0) is 15.1. The van der Waals surface area contributed by atoms with Crippen LogP contribution in [-0.4, -0.2) is 54.4 Å². The van der Waals surface area contributed by atoms with Crippen molar-refractivity contribution in [3.05, 3.63) is 30.1 Å². The van der Waals surface area contributed by atoms with Gasteiger partial charge < -0.3 is 14.7 Å². The quantitative estimate of drug-likeness (QED) is 0.839. The molecule has 118 valence electrons. The van der Waals surface area contributed by atoms with Crippen molar-refractivity contribution in [1.82, 2.24) is 4.90 Å². The molecule has 0 saturated carbocycles. The van der Waals surface area contributed by atoms with Crippen LogP contribution in [0, 0.1) is 11.7 Å². The van der Waals surface area contributed by atoms with E-state index in [1.807, 2.05) is 11.8 Å². The fraction of sp³-hybridized carbons (Fsp3) is 0.625. The highest BCUT2D eigenvalue weighted by molar-refractivity contribution is 7.98. The van der Waals surface area contributed by atoms with Crippen molar-refractivity contribution in [2.75, 3.05) is 38.2 Å². The first-order chi connectivity index (χ1) is 10.2. The fourth-order valence-corrected chi connectivity index (χ4v) is 3.53. The van der Waals surface area contributed by atoms with E-state index in [4.69, 9.17) is 4.74 Å². The Labute approximate surface area is 130 Å². The molecule has 1 aromatic carbocycles. The summed E-state index contributed by atoms with van der Waals surface area (Å²) < 4.78 is 18.8. The van der Waals surface area contributed by atoms with E-state index in [-0.39, 0.29) is 18.2 Å². The van der Waals surface area contributed by atoms with Gasteiger partial charge >= 0.3 is 0 Å². The largest absolute Gasteiger partial charge is 0.488 e. The van der Waals surface area contributed by atoms with E-state index in [0.29, 0.717) is 12.5 Å². The van der Waals surface area contributed by atoms with Crippen molar-refractivity contribution in [2.45, 2.75) is 18.9 Å². The van der Waals surface area contributed by atoms with Crippen LogP contribution in [0.25, 0.3) is 0 Å². The number of para-hydroxylation sites is 1. The predicted octanol–water partition coefficient (Wildman–Crippen LogP) is 2.64. The van der Waals surface area contributed by atoms with Crippen molar-refractivity contribution in [3.8, 4) is 5.75 Å². The van der Waals surface area contributed by atoms with Gasteiger partial charge in [-0.15, -0.1) is 0 Å². The van der Waals surface area contributed by atoms with E-state index >= 15 is 0 Å². The Balaban J connectivity index is 1.74. The molecular formula is C16H24FNO2S. The zero-order valence-corrected chi connectivity index (χ0v) is 13.3. The summed E-state index contributed by atoms with van der Waals surface area (Å²) in [4.78, 5) is 2.29. The van der Waals surface area contributed by atoms with Crippen LogP contribution in [0.2, 0.25) is 0 Å². The topological polar surface area (TPSA) is 32.7 Å². The normalized spacial score (nSPS) is 21.2. The van der Waals surface area contributed by atoms with Crippen molar-refractivity contribution in [2.24, 2.45) is 5.92 Å². The minimum atomic E-state index is -0.586. The van der Waals surface area contributed by atoms with Gasteiger partial charge in [0.25, 0.3) is 0 Å². The summed E-state index contributed by atoms with van der Waals surface area (Å²) >= 11 is 1.88. The average Bonchev–Trinajstić information content (AvgIpc) is 2.47. The molecule has 0 unspecified atom stereocenters. The number of halogens is 1. The second kappa shape index (κ2) is 8.61. The fourth-order valence-electron chi connectivity index (χ4n) is 2.79. The summed E-state index contributed by atoms with van der Waals surface area (Å²) in [7, 11) is 0. The van der Waals surface area contributed by atoms with Gasteiger partial charge in [-0.1, -0.05) is 12.1 Å². The molecule has 21 heavy (non-hydrogen) atoms. The number of ether oxygens (including phenoxy) is 1. The number of hydrogen-bond donors (Lipinski definition) is 1. The third-order valence-electron chi connectivity index (χ3n) is 3.74. The zero-order valence-electron chi connectivity index (χ0n) is 12.5. The SMILES string of the molecule is CSC[C@H]1CCCN(C[C@@H](O)COc2ccccc2F)C1. The smallest absolute Gasteiger partial charge is 0.165 e. The molecule has 5 heteroatoms. The van der Waals surface area contributed by atoms with Crippen molar-refractivity contribution >= 4 is 11.8 Å². The summed E-state index contributed by atoms with van der Waals surface area (Å²) in [6.07, 6.45) is 4.01. The number of aliphatic hydroxyl groups excluding tert-OH is 1. The van der Waals surface area contributed by atoms with Crippen LogP contribution in [0.1, 0.15) is 12.8 Å². The number of hydrogen-bond acceptors (Lipinski definition) is 4. The number of benzene rings is 1. The molecule has 1 aliphatic heterocycles. The molecule has 1 heterocycles. The maximum Gasteiger partial charge on any atom is 0.165 e. The summed E-state index contributed by atoms with van der Waals surface area (Å²) in [5.74, 6) is 1.71. The molecule has 2 atom stereocenters. The van der Waals surface area contributed by atoms with Gasteiger partial charge in [0.2, 0.25) is 0 Å². The minimum Gasteiger partial charge on any atom is -0.488 e. The van der Waals surface area contributed by atoms with Gasteiger partial charge in [0.05, 0.1) is 0 Å². The molecule has 0 spiro atoms. The molecule has 1 fully saturated rings. The van der Waals surface area contributed by atoms with Crippen LogP contribution in [0.15, 0.2) is 24.3 Å². The lowest BCUT2D eigenvalue weighted by Crippen LogP contribution is -2.42.